The Morgan fingerprint density at radius 3 is 1.64 bits per heavy atom. The predicted molar refractivity (Wildman–Crippen MR) is 64.6 cm³/mol. The molecule has 0 saturated heterocycles. The van der Waals surface area contributed by atoms with E-state index in [1.807, 2.05) is 0 Å². The normalized spacial score (nSPS) is 24.4. The van der Waals surface area contributed by atoms with Gasteiger partial charge in [-0.15, -0.1) is 0 Å². The van der Waals surface area contributed by atoms with E-state index < -0.39 is 0 Å². The molecule has 1 saturated carbocycles. The summed E-state index contributed by atoms with van der Waals surface area (Å²) in [5.74, 6) is 0. The summed E-state index contributed by atoms with van der Waals surface area (Å²) in [6.45, 7) is 4.86. The first kappa shape index (κ1) is 12.1. The Bertz CT molecular complexity index is 127. The van der Waals surface area contributed by atoms with Crippen molar-refractivity contribution in [3.8, 4) is 0 Å². The number of rotatable bonds is 2. The molecule has 0 aromatic rings. The fourth-order valence-corrected chi connectivity index (χ4v) is 2.97. The highest BCUT2D eigenvalue weighted by atomic mass is 14.3. The molecule has 0 nitrogen and oxygen atoms in total. The molecule has 0 spiro atoms. The zero-order valence-electron chi connectivity index (χ0n) is 10.3. The molecule has 0 heteroatoms. The monoisotopic (exact) mass is 196 g/mol. The van der Waals surface area contributed by atoms with E-state index in [1.54, 1.807) is 0 Å². The molecule has 14 heavy (non-hydrogen) atoms. The standard InChI is InChI=1S/C14H28/c1-3-11-14(2)12-9-7-5-4-6-8-10-13-14/h3-13H2,1-2H3. The van der Waals surface area contributed by atoms with Gasteiger partial charge >= 0.3 is 0 Å². The van der Waals surface area contributed by atoms with Crippen LogP contribution in [0.5, 0.6) is 0 Å². The van der Waals surface area contributed by atoms with Crippen LogP contribution >= 0.6 is 0 Å². The quantitative estimate of drug-likeness (QED) is 0.561. The summed E-state index contributed by atoms with van der Waals surface area (Å²) < 4.78 is 0. The van der Waals surface area contributed by atoms with Crippen LogP contribution in [0.25, 0.3) is 0 Å². The van der Waals surface area contributed by atoms with Gasteiger partial charge in [-0.3, -0.25) is 0 Å². The highest BCUT2D eigenvalue weighted by Crippen LogP contribution is 2.36. The van der Waals surface area contributed by atoms with Crippen molar-refractivity contribution in [2.24, 2.45) is 5.41 Å². The van der Waals surface area contributed by atoms with Crippen molar-refractivity contribution < 1.29 is 0 Å². The summed E-state index contributed by atoms with van der Waals surface area (Å²) >= 11 is 0. The van der Waals surface area contributed by atoms with Crippen LogP contribution in [0.4, 0.5) is 0 Å². The van der Waals surface area contributed by atoms with Gasteiger partial charge in [-0.1, -0.05) is 65.2 Å². The molecule has 0 amide bonds. The first-order valence-corrected chi connectivity index (χ1v) is 6.77. The second kappa shape index (κ2) is 6.48. The van der Waals surface area contributed by atoms with Gasteiger partial charge in [-0.2, -0.15) is 0 Å². The first-order chi connectivity index (χ1) is 6.77. The van der Waals surface area contributed by atoms with Gasteiger partial charge in [0, 0.05) is 0 Å². The molecule has 0 unspecified atom stereocenters. The molecule has 1 aliphatic rings. The van der Waals surface area contributed by atoms with Crippen molar-refractivity contribution >= 4 is 0 Å². The summed E-state index contributed by atoms with van der Waals surface area (Å²) in [6.07, 6.45) is 16.2. The predicted octanol–water partition coefficient (Wildman–Crippen LogP) is 5.32. The minimum atomic E-state index is 0.687. The Hall–Kier alpha value is 0. The van der Waals surface area contributed by atoms with Crippen molar-refractivity contribution in [3.63, 3.8) is 0 Å². The summed E-state index contributed by atoms with van der Waals surface area (Å²) in [7, 11) is 0. The van der Waals surface area contributed by atoms with Crippen LogP contribution in [0, 0.1) is 5.41 Å². The lowest BCUT2D eigenvalue weighted by Crippen LogP contribution is -2.16. The highest BCUT2D eigenvalue weighted by Gasteiger charge is 2.22. The Labute approximate surface area is 90.5 Å². The van der Waals surface area contributed by atoms with Gasteiger partial charge in [0.2, 0.25) is 0 Å². The van der Waals surface area contributed by atoms with Crippen molar-refractivity contribution in [1.82, 2.24) is 0 Å². The molecule has 0 radical (unpaired) electrons. The Morgan fingerprint density at radius 2 is 1.21 bits per heavy atom. The van der Waals surface area contributed by atoms with Gasteiger partial charge in [0.25, 0.3) is 0 Å². The lowest BCUT2D eigenvalue weighted by molar-refractivity contribution is 0.224. The third-order valence-corrected chi connectivity index (χ3v) is 3.91. The van der Waals surface area contributed by atoms with Gasteiger partial charge in [0.15, 0.2) is 0 Å². The lowest BCUT2D eigenvalue weighted by atomic mass is 9.76. The SMILES string of the molecule is CCCC1(C)CCCCCCCCC1. The van der Waals surface area contributed by atoms with Gasteiger partial charge in [-0.25, -0.2) is 0 Å². The van der Waals surface area contributed by atoms with Crippen LogP contribution in [-0.4, -0.2) is 0 Å². The maximum atomic E-state index is 2.53. The van der Waals surface area contributed by atoms with Crippen molar-refractivity contribution in [2.45, 2.75) is 84.5 Å². The van der Waals surface area contributed by atoms with E-state index in [0.717, 1.165) is 0 Å². The summed E-state index contributed by atoms with van der Waals surface area (Å²) in [5.41, 5.74) is 0.687. The Kier molecular flexibility index (Phi) is 5.59. The molecule has 0 bridgehead atoms. The molecule has 1 fully saturated rings. The van der Waals surface area contributed by atoms with Crippen LogP contribution in [0.15, 0.2) is 0 Å². The average Bonchev–Trinajstić information content (AvgIpc) is 2.16. The van der Waals surface area contributed by atoms with Crippen LogP contribution in [0.1, 0.15) is 84.5 Å². The molecule has 0 atom stereocenters. The second-order valence-electron chi connectivity index (χ2n) is 5.54. The summed E-state index contributed by atoms with van der Waals surface area (Å²) in [6, 6.07) is 0. The second-order valence-corrected chi connectivity index (χ2v) is 5.54. The molecule has 1 aliphatic carbocycles. The Morgan fingerprint density at radius 1 is 0.786 bits per heavy atom. The Balaban J connectivity index is 2.36. The molecule has 0 N–H and O–H groups in total. The smallest absolute Gasteiger partial charge is 0.0326 e. The molecular weight excluding hydrogens is 168 g/mol. The zero-order valence-corrected chi connectivity index (χ0v) is 10.3. The number of hydrogen-bond acceptors (Lipinski definition) is 0. The fraction of sp³-hybridized carbons (Fsp3) is 1.00. The maximum Gasteiger partial charge on any atom is -0.0326 e. The van der Waals surface area contributed by atoms with Crippen LogP contribution in [0.3, 0.4) is 0 Å². The largest absolute Gasteiger partial charge is 0.0654 e. The van der Waals surface area contributed by atoms with Gasteiger partial charge in [0.05, 0.1) is 0 Å². The van der Waals surface area contributed by atoms with Crippen LogP contribution in [0.2, 0.25) is 0 Å². The van der Waals surface area contributed by atoms with E-state index in [1.165, 1.54) is 70.6 Å². The molecule has 0 aromatic heterocycles. The maximum absolute atomic E-state index is 2.53. The summed E-state index contributed by atoms with van der Waals surface area (Å²) in [5, 5.41) is 0. The molecule has 0 aliphatic heterocycles. The van der Waals surface area contributed by atoms with Crippen LogP contribution in [-0.2, 0) is 0 Å². The van der Waals surface area contributed by atoms with E-state index in [0.29, 0.717) is 5.41 Å². The third-order valence-electron chi connectivity index (χ3n) is 3.91. The minimum absolute atomic E-state index is 0.687. The van der Waals surface area contributed by atoms with E-state index >= 15 is 0 Å². The molecule has 84 valence electrons. The minimum Gasteiger partial charge on any atom is -0.0654 e. The van der Waals surface area contributed by atoms with E-state index in [4.69, 9.17) is 0 Å². The van der Waals surface area contributed by atoms with E-state index in [9.17, 15) is 0 Å². The molecular formula is C14H28. The molecule has 0 heterocycles. The van der Waals surface area contributed by atoms with Crippen LogP contribution < -0.4 is 0 Å². The van der Waals surface area contributed by atoms with Gasteiger partial charge in [-0.05, 0) is 24.7 Å². The average molecular weight is 196 g/mol. The van der Waals surface area contributed by atoms with Gasteiger partial charge in [0.1, 0.15) is 0 Å². The van der Waals surface area contributed by atoms with E-state index in [-0.39, 0.29) is 0 Å². The van der Waals surface area contributed by atoms with E-state index in [2.05, 4.69) is 13.8 Å². The molecule has 0 aromatic carbocycles. The van der Waals surface area contributed by atoms with Gasteiger partial charge < -0.3 is 0 Å². The van der Waals surface area contributed by atoms with Crippen molar-refractivity contribution in [1.29, 1.82) is 0 Å². The lowest BCUT2D eigenvalue weighted by Gasteiger charge is -2.30. The first-order valence-electron chi connectivity index (χ1n) is 6.77. The zero-order chi connectivity index (χ0) is 10.3. The third kappa shape index (κ3) is 4.48. The van der Waals surface area contributed by atoms with Crippen molar-refractivity contribution in [2.75, 3.05) is 0 Å². The fourth-order valence-electron chi connectivity index (χ4n) is 2.97. The highest BCUT2D eigenvalue weighted by molar-refractivity contribution is 4.74. The topological polar surface area (TPSA) is 0 Å². The molecule has 1 rings (SSSR count). The van der Waals surface area contributed by atoms with Crippen molar-refractivity contribution in [3.05, 3.63) is 0 Å². The summed E-state index contributed by atoms with van der Waals surface area (Å²) in [4.78, 5) is 0. The number of hydrogen-bond donors (Lipinski definition) is 0.